The summed E-state index contributed by atoms with van der Waals surface area (Å²) in [4.78, 5) is 11.4. The van der Waals surface area contributed by atoms with E-state index in [1.165, 1.54) is 63.3 Å². The first kappa shape index (κ1) is 34.3. The van der Waals surface area contributed by atoms with Gasteiger partial charge >= 0.3 is 0 Å². The minimum absolute atomic E-state index is 0.592. The van der Waals surface area contributed by atoms with Crippen LogP contribution in [0, 0.1) is 0 Å². The summed E-state index contributed by atoms with van der Waals surface area (Å²) < 4.78 is 14.1. The Morgan fingerprint density at radius 3 is 1.88 bits per heavy atom. The normalized spacial score (nSPS) is 12.4. The van der Waals surface area contributed by atoms with Gasteiger partial charge in [0.15, 0.2) is 5.58 Å². The zero-order valence-corrected chi connectivity index (χ0v) is 34.9. The Hall–Kier alpha value is -8.32. The molecule has 5 aromatic heterocycles. The molecule has 0 amide bonds. The molecule has 6 heteroatoms. The zero-order chi connectivity index (χ0) is 41.6. The van der Waals surface area contributed by atoms with Crippen LogP contribution in [-0.2, 0) is 0 Å². The highest BCUT2D eigenvalue weighted by molar-refractivity contribution is 7.26. The SMILES string of the molecule is c1ccc(-n2c3ccc4ccccc4c3c3c4ccccc4c4c5ccccc5n(-c5nc(-c6cc7ccccc7c7c6sc6ccccc67)c6oc7ccccc7c6n5)c4c32)cc1. The van der Waals surface area contributed by atoms with Gasteiger partial charge in [-0.15, -0.1) is 11.3 Å². The van der Waals surface area contributed by atoms with E-state index in [0.29, 0.717) is 11.5 Å². The number of aromatic nitrogens is 4. The summed E-state index contributed by atoms with van der Waals surface area (Å²) in [5.74, 6) is 0.592. The second-order valence-electron chi connectivity index (χ2n) is 16.8. The van der Waals surface area contributed by atoms with Gasteiger partial charge in [0.1, 0.15) is 16.8 Å². The molecule has 0 aliphatic rings. The van der Waals surface area contributed by atoms with Gasteiger partial charge in [-0.2, -0.15) is 0 Å². The van der Waals surface area contributed by atoms with E-state index >= 15 is 0 Å². The number of nitrogens with zero attached hydrogens (tertiary/aromatic N) is 4. The third-order valence-corrected chi connectivity index (χ3v) is 14.7. The Morgan fingerprint density at radius 1 is 0.422 bits per heavy atom. The highest BCUT2D eigenvalue weighted by Gasteiger charge is 2.28. The molecule has 0 radical (unpaired) electrons. The van der Waals surface area contributed by atoms with Crippen molar-refractivity contribution in [3.05, 3.63) is 194 Å². The predicted octanol–water partition coefficient (Wildman–Crippen LogP) is 16.1. The third kappa shape index (κ3) is 4.46. The molecule has 0 aliphatic heterocycles. The van der Waals surface area contributed by atoms with Crippen LogP contribution in [0.2, 0.25) is 0 Å². The number of rotatable bonds is 3. The third-order valence-electron chi connectivity index (χ3n) is 13.5. The molecule has 0 bridgehead atoms. The van der Waals surface area contributed by atoms with Crippen molar-refractivity contribution in [3.63, 3.8) is 0 Å². The molecular formula is C58H32N4OS. The smallest absolute Gasteiger partial charge is 0.236 e. The van der Waals surface area contributed by atoms with E-state index in [9.17, 15) is 0 Å². The fourth-order valence-corrected chi connectivity index (χ4v) is 12.1. The monoisotopic (exact) mass is 832 g/mol. The van der Waals surface area contributed by atoms with Crippen LogP contribution in [0.25, 0.3) is 141 Å². The van der Waals surface area contributed by atoms with Crippen LogP contribution in [-0.4, -0.2) is 19.1 Å². The summed E-state index contributed by atoms with van der Waals surface area (Å²) >= 11 is 1.82. The summed E-state index contributed by atoms with van der Waals surface area (Å²) in [5.41, 5.74) is 9.50. The lowest BCUT2D eigenvalue weighted by Gasteiger charge is -2.14. The molecule has 15 rings (SSSR count). The maximum Gasteiger partial charge on any atom is 0.236 e. The molecule has 64 heavy (non-hydrogen) atoms. The molecule has 0 saturated heterocycles. The quantitative estimate of drug-likeness (QED) is 0.178. The van der Waals surface area contributed by atoms with Gasteiger partial charge < -0.3 is 8.98 Å². The van der Waals surface area contributed by atoms with Crippen molar-refractivity contribution in [2.24, 2.45) is 0 Å². The van der Waals surface area contributed by atoms with E-state index in [2.05, 4.69) is 191 Å². The van der Waals surface area contributed by atoms with Gasteiger partial charge in [0.2, 0.25) is 5.95 Å². The predicted molar refractivity (Wildman–Crippen MR) is 269 cm³/mol. The number of para-hydroxylation sites is 3. The van der Waals surface area contributed by atoms with Crippen molar-refractivity contribution in [1.29, 1.82) is 0 Å². The first-order valence-electron chi connectivity index (χ1n) is 21.7. The van der Waals surface area contributed by atoms with E-state index in [0.717, 1.165) is 66.3 Å². The molecule has 0 atom stereocenters. The van der Waals surface area contributed by atoms with Crippen molar-refractivity contribution in [2.45, 2.75) is 0 Å². The van der Waals surface area contributed by atoms with Gasteiger partial charge in [0.05, 0.1) is 22.1 Å². The van der Waals surface area contributed by atoms with E-state index in [1.807, 2.05) is 23.5 Å². The minimum Gasteiger partial charge on any atom is -0.452 e. The molecule has 296 valence electrons. The number of hydrogen-bond donors (Lipinski definition) is 0. The summed E-state index contributed by atoms with van der Waals surface area (Å²) in [6.45, 7) is 0. The minimum atomic E-state index is 0.592. The highest BCUT2D eigenvalue weighted by Crippen LogP contribution is 2.50. The fraction of sp³-hybridized carbons (Fsp3) is 0. The van der Waals surface area contributed by atoms with Crippen LogP contribution >= 0.6 is 11.3 Å². The second kappa shape index (κ2) is 12.6. The van der Waals surface area contributed by atoms with Crippen molar-refractivity contribution in [2.75, 3.05) is 0 Å². The lowest BCUT2D eigenvalue weighted by molar-refractivity contribution is 0.666. The lowest BCUT2D eigenvalue weighted by Crippen LogP contribution is -2.04. The average Bonchev–Trinajstić information content (AvgIpc) is 4.12. The standard InChI is InChI=1S/C58H32N4OS/c1-2-18-35(19-3-1)61-45-31-30-33-16-4-6-20-36(33)50(45)51-39-23-9-8-22-38(39)48-40-24-10-13-27-44(40)62(54(48)55(51)61)58-59-52-41-25-11-14-28-46(41)63-56(52)53(60-58)43-32-34-17-5-7-21-37(34)49-42-26-12-15-29-47(42)64-57(43)49/h1-32H. The van der Waals surface area contributed by atoms with E-state index in [1.54, 1.807) is 0 Å². The Morgan fingerprint density at radius 2 is 1.05 bits per heavy atom. The summed E-state index contributed by atoms with van der Waals surface area (Å²) in [6.07, 6.45) is 0. The average molecular weight is 833 g/mol. The first-order valence-corrected chi connectivity index (χ1v) is 22.5. The van der Waals surface area contributed by atoms with Crippen LogP contribution in [0.15, 0.2) is 199 Å². The summed E-state index contributed by atoms with van der Waals surface area (Å²) in [5, 5.41) is 15.4. The number of furan rings is 1. The molecule has 0 fully saturated rings. The molecule has 0 saturated carbocycles. The van der Waals surface area contributed by atoms with Gasteiger partial charge in [0, 0.05) is 58.4 Å². The Balaban J connectivity index is 1.19. The highest BCUT2D eigenvalue weighted by atomic mass is 32.1. The van der Waals surface area contributed by atoms with Gasteiger partial charge in [-0.3, -0.25) is 4.57 Å². The molecule has 0 aliphatic carbocycles. The maximum atomic E-state index is 6.87. The van der Waals surface area contributed by atoms with Crippen LogP contribution < -0.4 is 0 Å². The first-order chi connectivity index (χ1) is 31.8. The zero-order valence-electron chi connectivity index (χ0n) is 34.1. The number of hydrogen-bond acceptors (Lipinski definition) is 4. The molecule has 0 spiro atoms. The number of thiophene rings is 1. The molecule has 0 unspecified atom stereocenters. The molecule has 15 aromatic rings. The van der Waals surface area contributed by atoms with Gasteiger partial charge in [0.25, 0.3) is 0 Å². The summed E-state index contributed by atoms with van der Waals surface area (Å²) in [6, 6.07) is 69.8. The van der Waals surface area contributed by atoms with Crippen molar-refractivity contribution in [3.8, 4) is 22.9 Å². The fourth-order valence-electron chi connectivity index (χ4n) is 10.9. The van der Waals surface area contributed by atoms with Gasteiger partial charge in [-0.25, -0.2) is 9.97 Å². The van der Waals surface area contributed by atoms with E-state index in [4.69, 9.17) is 14.4 Å². The van der Waals surface area contributed by atoms with Crippen LogP contribution in [0.1, 0.15) is 0 Å². The maximum absolute atomic E-state index is 6.87. The second-order valence-corrected chi connectivity index (χ2v) is 17.8. The van der Waals surface area contributed by atoms with E-state index in [-0.39, 0.29) is 0 Å². The molecule has 0 N–H and O–H groups in total. The van der Waals surface area contributed by atoms with Gasteiger partial charge in [-0.05, 0) is 80.8 Å². The summed E-state index contributed by atoms with van der Waals surface area (Å²) in [7, 11) is 0. The largest absolute Gasteiger partial charge is 0.452 e. The van der Waals surface area contributed by atoms with Crippen molar-refractivity contribution >= 4 is 130 Å². The molecule has 5 nitrogen and oxygen atoms in total. The Kier molecular flexibility index (Phi) is 6.77. The molecule has 10 aromatic carbocycles. The Labute approximate surface area is 368 Å². The van der Waals surface area contributed by atoms with Crippen LogP contribution in [0.4, 0.5) is 0 Å². The Bertz CT molecular complexity index is 4490. The van der Waals surface area contributed by atoms with E-state index < -0.39 is 0 Å². The number of fused-ring (bicyclic) bond motifs is 20. The van der Waals surface area contributed by atoms with Gasteiger partial charge in [-0.1, -0.05) is 146 Å². The topological polar surface area (TPSA) is 48.8 Å². The lowest BCUT2D eigenvalue weighted by atomic mass is 9.96. The number of benzene rings is 10. The van der Waals surface area contributed by atoms with Crippen molar-refractivity contribution in [1.82, 2.24) is 19.1 Å². The molecule has 5 heterocycles. The van der Waals surface area contributed by atoms with Crippen LogP contribution in [0.3, 0.4) is 0 Å². The molecular weight excluding hydrogens is 801 g/mol. The van der Waals surface area contributed by atoms with Crippen LogP contribution in [0.5, 0.6) is 0 Å². The van der Waals surface area contributed by atoms with Crippen molar-refractivity contribution < 1.29 is 4.42 Å².